The number of hydrogen-bond donors (Lipinski definition) is 1. The highest BCUT2D eigenvalue weighted by atomic mass is 35.5. The van der Waals surface area contributed by atoms with Gasteiger partial charge < -0.3 is 10.3 Å². The van der Waals surface area contributed by atoms with Crippen LogP contribution < -0.4 is 5.73 Å². The maximum atomic E-state index is 8.83. The van der Waals surface area contributed by atoms with Crippen molar-refractivity contribution < 1.29 is 0 Å². The molecule has 0 atom stereocenters. The second-order valence-corrected chi connectivity index (χ2v) is 3.79. The summed E-state index contributed by atoms with van der Waals surface area (Å²) in [6.07, 6.45) is 0. The summed E-state index contributed by atoms with van der Waals surface area (Å²) < 4.78 is 1.67. The van der Waals surface area contributed by atoms with Crippen molar-refractivity contribution in [3.05, 3.63) is 35.0 Å². The van der Waals surface area contributed by atoms with Crippen LogP contribution in [-0.2, 0) is 7.05 Å². The predicted molar refractivity (Wildman–Crippen MR) is 62.8 cm³/mol. The van der Waals surface area contributed by atoms with Crippen LogP contribution in [0, 0.1) is 11.3 Å². The van der Waals surface area contributed by atoms with Crippen LogP contribution in [0.4, 0.5) is 5.82 Å². The number of aromatic nitrogens is 2. The van der Waals surface area contributed by atoms with Crippen molar-refractivity contribution in [3.63, 3.8) is 0 Å². The summed E-state index contributed by atoms with van der Waals surface area (Å²) in [5.41, 5.74) is 6.80. The van der Waals surface area contributed by atoms with Gasteiger partial charge in [-0.2, -0.15) is 5.26 Å². The van der Waals surface area contributed by atoms with E-state index in [-0.39, 0.29) is 5.69 Å². The minimum absolute atomic E-state index is 0.234. The molecular formula is C11H9ClN4. The lowest BCUT2D eigenvalue weighted by molar-refractivity contribution is 0.936. The quantitative estimate of drug-likeness (QED) is 0.820. The molecule has 0 radical (unpaired) electrons. The highest BCUT2D eigenvalue weighted by Gasteiger charge is 2.12. The first-order valence-electron chi connectivity index (χ1n) is 4.61. The van der Waals surface area contributed by atoms with Crippen molar-refractivity contribution >= 4 is 17.4 Å². The Bertz CT molecular complexity index is 580. The number of nitrogen functional groups attached to an aromatic ring is 1. The number of rotatable bonds is 1. The van der Waals surface area contributed by atoms with Gasteiger partial charge in [0.05, 0.1) is 0 Å². The molecule has 0 amide bonds. The van der Waals surface area contributed by atoms with Gasteiger partial charge in [-0.1, -0.05) is 23.7 Å². The van der Waals surface area contributed by atoms with Crippen LogP contribution in [0.3, 0.4) is 0 Å². The number of hydrogen-bond acceptors (Lipinski definition) is 3. The van der Waals surface area contributed by atoms with Crippen LogP contribution in [0.2, 0.25) is 5.02 Å². The Labute approximate surface area is 97.9 Å². The molecule has 0 saturated heterocycles. The van der Waals surface area contributed by atoms with Gasteiger partial charge >= 0.3 is 0 Å². The number of benzene rings is 1. The van der Waals surface area contributed by atoms with E-state index in [4.69, 9.17) is 22.6 Å². The molecule has 0 aliphatic carbocycles. The number of anilines is 1. The van der Waals surface area contributed by atoms with E-state index in [0.29, 0.717) is 16.7 Å². The largest absolute Gasteiger partial charge is 0.383 e. The molecule has 2 N–H and O–H groups in total. The molecule has 1 aromatic heterocycles. The van der Waals surface area contributed by atoms with Crippen molar-refractivity contribution in [3.8, 4) is 17.5 Å². The maximum absolute atomic E-state index is 8.83. The van der Waals surface area contributed by atoms with Crippen molar-refractivity contribution in [2.24, 2.45) is 7.05 Å². The Morgan fingerprint density at radius 1 is 1.50 bits per heavy atom. The van der Waals surface area contributed by atoms with E-state index < -0.39 is 0 Å². The molecule has 1 aromatic carbocycles. The molecule has 2 aromatic rings. The molecule has 0 aliphatic rings. The van der Waals surface area contributed by atoms with E-state index in [0.717, 1.165) is 5.56 Å². The van der Waals surface area contributed by atoms with E-state index in [1.165, 1.54) is 0 Å². The van der Waals surface area contributed by atoms with Crippen molar-refractivity contribution in [2.75, 3.05) is 5.73 Å². The fraction of sp³-hybridized carbons (Fsp3) is 0.0909. The van der Waals surface area contributed by atoms with Crippen LogP contribution in [0.25, 0.3) is 11.4 Å². The van der Waals surface area contributed by atoms with Gasteiger partial charge in [0.25, 0.3) is 0 Å². The highest BCUT2D eigenvalue weighted by molar-refractivity contribution is 6.30. The van der Waals surface area contributed by atoms with E-state index in [2.05, 4.69) is 4.98 Å². The first-order valence-corrected chi connectivity index (χ1v) is 4.99. The van der Waals surface area contributed by atoms with Gasteiger partial charge in [-0.15, -0.1) is 0 Å². The topological polar surface area (TPSA) is 67.6 Å². The lowest BCUT2D eigenvalue weighted by Crippen LogP contribution is -1.98. The van der Waals surface area contributed by atoms with Gasteiger partial charge in [-0.05, 0) is 12.1 Å². The van der Waals surface area contributed by atoms with E-state index in [9.17, 15) is 0 Å². The normalized spacial score (nSPS) is 10.1. The summed E-state index contributed by atoms with van der Waals surface area (Å²) in [5.74, 6) is 0.994. The van der Waals surface area contributed by atoms with Gasteiger partial charge in [0, 0.05) is 17.6 Å². The zero-order valence-electron chi connectivity index (χ0n) is 8.61. The summed E-state index contributed by atoms with van der Waals surface area (Å²) in [6, 6.07) is 9.21. The molecule has 80 valence electrons. The summed E-state index contributed by atoms with van der Waals surface area (Å²) in [6.45, 7) is 0. The zero-order valence-corrected chi connectivity index (χ0v) is 9.36. The maximum Gasteiger partial charge on any atom is 0.183 e. The Morgan fingerprint density at radius 2 is 2.25 bits per heavy atom. The average molecular weight is 233 g/mol. The molecule has 0 unspecified atom stereocenters. The SMILES string of the molecule is Cn1c(-c2cccc(Cl)c2)nc(C#N)c1N. The molecule has 16 heavy (non-hydrogen) atoms. The monoisotopic (exact) mass is 232 g/mol. The van der Waals surface area contributed by atoms with Crippen molar-refractivity contribution in [1.29, 1.82) is 5.26 Å². The Hall–Kier alpha value is -1.99. The third-order valence-electron chi connectivity index (χ3n) is 2.33. The summed E-state index contributed by atoms with van der Waals surface area (Å²) in [5, 5.41) is 9.45. The number of nitrogens with two attached hydrogens (primary N) is 1. The highest BCUT2D eigenvalue weighted by Crippen LogP contribution is 2.24. The first-order chi connectivity index (χ1) is 7.63. The molecule has 0 bridgehead atoms. The molecular weight excluding hydrogens is 224 g/mol. The Kier molecular flexibility index (Phi) is 2.55. The summed E-state index contributed by atoms with van der Waals surface area (Å²) >= 11 is 5.89. The average Bonchev–Trinajstić information content (AvgIpc) is 2.56. The van der Waals surface area contributed by atoms with Crippen LogP contribution >= 0.6 is 11.6 Å². The third-order valence-corrected chi connectivity index (χ3v) is 2.56. The van der Waals surface area contributed by atoms with E-state index in [1.54, 1.807) is 23.7 Å². The summed E-state index contributed by atoms with van der Waals surface area (Å²) in [7, 11) is 1.76. The molecule has 0 saturated carbocycles. The van der Waals surface area contributed by atoms with Gasteiger partial charge in [0.1, 0.15) is 17.7 Å². The Morgan fingerprint density at radius 3 is 2.81 bits per heavy atom. The van der Waals surface area contributed by atoms with Gasteiger partial charge in [-0.25, -0.2) is 4.98 Å². The van der Waals surface area contributed by atoms with E-state index >= 15 is 0 Å². The fourth-order valence-electron chi connectivity index (χ4n) is 1.48. The third kappa shape index (κ3) is 1.62. The minimum atomic E-state index is 0.234. The molecule has 4 nitrogen and oxygen atoms in total. The smallest absolute Gasteiger partial charge is 0.183 e. The Balaban J connectivity index is 2.62. The second kappa shape index (κ2) is 3.87. The van der Waals surface area contributed by atoms with Crippen LogP contribution in [0.5, 0.6) is 0 Å². The van der Waals surface area contributed by atoms with Crippen LogP contribution in [0.15, 0.2) is 24.3 Å². The van der Waals surface area contributed by atoms with Crippen molar-refractivity contribution in [1.82, 2.24) is 9.55 Å². The van der Waals surface area contributed by atoms with Crippen molar-refractivity contribution in [2.45, 2.75) is 0 Å². The lowest BCUT2D eigenvalue weighted by Gasteiger charge is -2.02. The fourth-order valence-corrected chi connectivity index (χ4v) is 1.67. The lowest BCUT2D eigenvalue weighted by atomic mass is 10.2. The standard InChI is InChI=1S/C11H9ClN4/c1-16-10(14)9(6-13)15-11(16)7-3-2-4-8(12)5-7/h2-5H,14H2,1H3. The first kappa shape index (κ1) is 10.5. The molecule has 5 heteroatoms. The molecule has 2 rings (SSSR count). The zero-order chi connectivity index (χ0) is 11.7. The van der Waals surface area contributed by atoms with Crippen LogP contribution in [0.1, 0.15) is 5.69 Å². The summed E-state index contributed by atoms with van der Waals surface area (Å²) in [4.78, 5) is 4.16. The predicted octanol–water partition coefficient (Wildman–Crippen LogP) is 2.19. The van der Waals surface area contributed by atoms with Gasteiger partial charge in [0.2, 0.25) is 0 Å². The molecule has 0 aliphatic heterocycles. The van der Waals surface area contributed by atoms with Gasteiger partial charge in [-0.3, -0.25) is 0 Å². The van der Waals surface area contributed by atoms with Gasteiger partial charge in [0.15, 0.2) is 5.69 Å². The second-order valence-electron chi connectivity index (χ2n) is 3.35. The minimum Gasteiger partial charge on any atom is -0.383 e. The van der Waals surface area contributed by atoms with Crippen LogP contribution in [-0.4, -0.2) is 9.55 Å². The number of nitrogens with zero attached hydrogens (tertiary/aromatic N) is 3. The molecule has 1 heterocycles. The van der Waals surface area contributed by atoms with E-state index in [1.807, 2.05) is 18.2 Å². The number of halogens is 1. The molecule has 0 spiro atoms. The number of imidazole rings is 1. The number of nitriles is 1. The molecule has 0 fully saturated rings.